The van der Waals surface area contributed by atoms with Gasteiger partial charge in [0.2, 0.25) is 0 Å². The van der Waals surface area contributed by atoms with Gasteiger partial charge in [-0.25, -0.2) is 0 Å². The van der Waals surface area contributed by atoms with E-state index in [0.717, 1.165) is 11.1 Å². The van der Waals surface area contributed by atoms with Gasteiger partial charge in [-0.3, -0.25) is 14.6 Å². The number of phenolic OH excluding ortho intramolecular Hbond substituents is 4. The van der Waals surface area contributed by atoms with Gasteiger partial charge >= 0.3 is 0 Å². The van der Waals surface area contributed by atoms with E-state index in [-0.39, 0.29) is 40.6 Å². The summed E-state index contributed by atoms with van der Waals surface area (Å²) in [5, 5.41) is 65.2. The third-order valence-corrected chi connectivity index (χ3v) is 10.8. The van der Waals surface area contributed by atoms with Crippen LogP contribution < -0.4 is 9.47 Å². The number of rotatable bonds is 12. The van der Waals surface area contributed by atoms with Gasteiger partial charge in [0.1, 0.15) is 58.8 Å². The molecule has 0 saturated carbocycles. The lowest BCUT2D eigenvalue weighted by Gasteiger charge is -2.44. The van der Waals surface area contributed by atoms with Crippen LogP contribution in [0.4, 0.5) is 0 Å². The molecule has 6 N–H and O–H groups in total. The van der Waals surface area contributed by atoms with Crippen molar-refractivity contribution in [2.24, 2.45) is 0 Å². The quantitative estimate of drug-likeness (QED) is 0.112. The molecule has 4 atom stereocenters. The van der Waals surface area contributed by atoms with Crippen molar-refractivity contribution < 1.29 is 44.9 Å². The second kappa shape index (κ2) is 16.2. The molecule has 52 heavy (non-hydrogen) atoms. The molecule has 0 radical (unpaired) electrons. The van der Waals surface area contributed by atoms with Crippen molar-refractivity contribution in [3.05, 3.63) is 107 Å². The average Bonchev–Trinajstić information content (AvgIpc) is 3.16. The number of likely N-dealkylation sites (tertiary alicyclic amines) is 2. The molecule has 2 aliphatic rings. The van der Waals surface area contributed by atoms with E-state index in [2.05, 4.69) is 0 Å². The molecule has 2 saturated heterocycles. The second-order valence-corrected chi connectivity index (χ2v) is 13.8. The molecule has 0 aromatic heterocycles. The summed E-state index contributed by atoms with van der Waals surface area (Å²) in [7, 11) is 3.08. The molecule has 0 bridgehead atoms. The third-order valence-electron chi connectivity index (χ3n) is 10.8. The van der Waals surface area contributed by atoms with Gasteiger partial charge in [0.25, 0.3) is 0 Å². The van der Waals surface area contributed by atoms with Crippen LogP contribution in [0.25, 0.3) is 0 Å². The molecule has 2 heterocycles. The summed E-state index contributed by atoms with van der Waals surface area (Å²) < 4.78 is 10.9. The maximum absolute atomic E-state index is 15.3. The molecule has 2 aliphatic heterocycles. The Kier molecular flexibility index (Phi) is 11.6. The van der Waals surface area contributed by atoms with Gasteiger partial charge < -0.3 is 40.1 Å². The van der Waals surface area contributed by atoms with E-state index in [0.29, 0.717) is 74.5 Å². The number of aliphatic hydroxyl groups excluding tert-OH is 2. The Bertz CT molecular complexity index is 1700. The van der Waals surface area contributed by atoms with Crippen LogP contribution in [-0.2, 0) is 4.79 Å². The number of methoxy groups -OCH3 is 2. The molecule has 4 unspecified atom stereocenters. The maximum Gasteiger partial charge on any atom is 0.173 e. The minimum Gasteiger partial charge on any atom is -0.508 e. The highest BCUT2D eigenvalue weighted by atomic mass is 16.5. The number of aromatic hydroxyl groups is 4. The first-order valence-electron chi connectivity index (χ1n) is 17.8. The molecule has 4 aromatic carbocycles. The van der Waals surface area contributed by atoms with Crippen LogP contribution in [0, 0.1) is 0 Å². The predicted octanol–water partition coefficient (Wildman–Crippen LogP) is 5.36. The van der Waals surface area contributed by atoms with Crippen LogP contribution in [-0.4, -0.2) is 98.7 Å². The van der Waals surface area contributed by atoms with Gasteiger partial charge in [-0.05, 0) is 122 Å². The zero-order chi connectivity index (χ0) is 36.9. The van der Waals surface area contributed by atoms with Gasteiger partial charge in [0, 0.05) is 12.1 Å². The lowest BCUT2D eigenvalue weighted by molar-refractivity contribution is -0.140. The summed E-state index contributed by atoms with van der Waals surface area (Å²) >= 11 is 0. The zero-order valence-corrected chi connectivity index (χ0v) is 29.5. The lowest BCUT2D eigenvalue weighted by Crippen LogP contribution is -2.58. The SMILES string of the molecule is COc1cccc(C(O)C(C(=O)C(C(O)c2cccc(OC)c2)N2CCC(c3ccc(O)cc3O)CC2)N2CCC(c3ccc(O)cc3O)CC2)c1. The second-order valence-electron chi connectivity index (χ2n) is 13.8. The first kappa shape index (κ1) is 37.0. The summed E-state index contributed by atoms with van der Waals surface area (Å²) in [6.45, 7) is 1.75. The molecule has 0 spiro atoms. The van der Waals surface area contributed by atoms with Crippen molar-refractivity contribution >= 4 is 5.78 Å². The Morgan fingerprint density at radius 2 is 0.981 bits per heavy atom. The van der Waals surface area contributed by atoms with Gasteiger partial charge in [0.15, 0.2) is 5.78 Å². The molecule has 2 fully saturated rings. The normalized spacial score (nSPS) is 18.7. The van der Waals surface area contributed by atoms with Crippen molar-refractivity contribution in [1.82, 2.24) is 9.80 Å². The number of hydrogen-bond donors (Lipinski definition) is 6. The topological polar surface area (TPSA) is 163 Å². The van der Waals surface area contributed by atoms with Crippen LogP contribution in [0.2, 0.25) is 0 Å². The van der Waals surface area contributed by atoms with Crippen molar-refractivity contribution in [2.45, 2.75) is 61.8 Å². The van der Waals surface area contributed by atoms with Gasteiger partial charge in [-0.15, -0.1) is 0 Å². The highest BCUT2D eigenvalue weighted by molar-refractivity contribution is 5.90. The molecular weight excluding hydrogens is 664 g/mol. The maximum atomic E-state index is 15.3. The number of ether oxygens (including phenoxy) is 2. The van der Waals surface area contributed by atoms with Crippen LogP contribution >= 0.6 is 0 Å². The van der Waals surface area contributed by atoms with E-state index in [1.54, 1.807) is 87.0 Å². The number of aliphatic hydroxyl groups is 2. The fourth-order valence-corrected chi connectivity index (χ4v) is 7.99. The Hall–Kier alpha value is -4.81. The summed E-state index contributed by atoms with van der Waals surface area (Å²) in [6.07, 6.45) is -0.134. The molecule has 0 amide bonds. The van der Waals surface area contributed by atoms with E-state index in [9.17, 15) is 30.6 Å². The van der Waals surface area contributed by atoms with E-state index >= 15 is 4.79 Å². The molecule has 11 nitrogen and oxygen atoms in total. The number of phenols is 4. The van der Waals surface area contributed by atoms with Gasteiger partial charge in [-0.2, -0.15) is 0 Å². The number of ketones is 1. The highest BCUT2D eigenvalue weighted by Crippen LogP contribution is 2.41. The average molecular weight is 713 g/mol. The lowest BCUT2D eigenvalue weighted by atomic mass is 9.83. The summed E-state index contributed by atoms with van der Waals surface area (Å²) in [5.74, 6) is 0.716. The van der Waals surface area contributed by atoms with Gasteiger partial charge in [0.05, 0.1) is 14.2 Å². The number of Topliss-reactive ketones (excluding diaryl/α,β-unsaturated/α-hetero) is 1. The van der Waals surface area contributed by atoms with Crippen molar-refractivity contribution in [1.29, 1.82) is 0 Å². The number of benzene rings is 4. The fraction of sp³-hybridized carbons (Fsp3) is 0.390. The van der Waals surface area contributed by atoms with Crippen LogP contribution in [0.1, 0.15) is 72.0 Å². The number of hydrogen-bond acceptors (Lipinski definition) is 11. The van der Waals surface area contributed by atoms with E-state index in [1.165, 1.54) is 12.1 Å². The number of carbonyl (C=O) groups excluding carboxylic acids is 1. The molecule has 276 valence electrons. The molecule has 6 rings (SSSR count). The zero-order valence-electron chi connectivity index (χ0n) is 29.5. The monoisotopic (exact) mass is 712 g/mol. The van der Waals surface area contributed by atoms with E-state index in [1.807, 2.05) is 9.80 Å². The standard InChI is InChI=1S/C41H48N2O9/c1-51-31-7-3-5-27(21-31)39(48)37(42-17-13-25(14-18-42)33-11-9-29(44)23-35(33)46)41(50)38(40(49)28-6-4-8-32(22-28)52-2)43-19-15-26(16-20-43)34-12-10-30(45)24-36(34)47/h3-12,21-26,37-40,44-49H,13-20H2,1-2H3. The van der Waals surface area contributed by atoms with Gasteiger partial charge in [-0.1, -0.05) is 36.4 Å². The molecule has 0 aliphatic carbocycles. The number of piperidine rings is 2. The Morgan fingerprint density at radius 3 is 1.33 bits per heavy atom. The largest absolute Gasteiger partial charge is 0.508 e. The summed E-state index contributed by atoms with van der Waals surface area (Å²) in [5.41, 5.74) is 2.46. The third kappa shape index (κ3) is 7.98. The summed E-state index contributed by atoms with van der Waals surface area (Å²) in [6, 6.07) is 21.2. The Balaban J connectivity index is 1.34. The van der Waals surface area contributed by atoms with Crippen molar-refractivity contribution in [3.63, 3.8) is 0 Å². The molecule has 4 aromatic rings. The first-order valence-corrected chi connectivity index (χ1v) is 17.8. The highest BCUT2D eigenvalue weighted by Gasteiger charge is 2.45. The first-order chi connectivity index (χ1) is 25.1. The fourth-order valence-electron chi connectivity index (χ4n) is 7.99. The van der Waals surface area contributed by atoms with E-state index < -0.39 is 24.3 Å². The van der Waals surface area contributed by atoms with Crippen molar-refractivity contribution in [3.8, 4) is 34.5 Å². The Morgan fingerprint density at radius 1 is 0.596 bits per heavy atom. The molecule has 11 heteroatoms. The van der Waals surface area contributed by atoms with Crippen molar-refractivity contribution in [2.75, 3.05) is 40.4 Å². The Labute approximate surface area is 303 Å². The smallest absolute Gasteiger partial charge is 0.173 e. The van der Waals surface area contributed by atoms with Crippen LogP contribution in [0.5, 0.6) is 34.5 Å². The van der Waals surface area contributed by atoms with E-state index in [4.69, 9.17) is 9.47 Å². The van der Waals surface area contributed by atoms with Crippen LogP contribution in [0.3, 0.4) is 0 Å². The molecular formula is C41H48N2O9. The minimum atomic E-state index is -1.26. The summed E-state index contributed by atoms with van der Waals surface area (Å²) in [4.78, 5) is 19.2. The minimum absolute atomic E-state index is 0.0182. The number of carbonyl (C=O) groups is 1. The predicted molar refractivity (Wildman–Crippen MR) is 195 cm³/mol. The van der Waals surface area contributed by atoms with Crippen LogP contribution in [0.15, 0.2) is 84.9 Å². The number of nitrogens with zero attached hydrogens (tertiary/aromatic N) is 2.